The van der Waals surface area contributed by atoms with Crippen molar-refractivity contribution in [2.24, 2.45) is 0 Å². The van der Waals surface area contributed by atoms with E-state index in [4.69, 9.17) is 10.2 Å². The molecule has 1 rings (SSSR count). The van der Waals surface area contributed by atoms with Crippen molar-refractivity contribution in [1.82, 2.24) is 4.72 Å². The molecule has 0 unspecified atom stereocenters. The number of nitrogens with one attached hydrogen (secondary N) is 1. The molecule has 3 N–H and O–H groups in total. The van der Waals surface area contributed by atoms with Gasteiger partial charge in [-0.05, 0) is 12.1 Å². The molecule has 0 heterocycles. The minimum Gasteiger partial charge on any atom is -0.508 e. The van der Waals surface area contributed by atoms with E-state index in [0.29, 0.717) is 5.41 Å². The Morgan fingerprint density at radius 3 is 2.19 bits per heavy atom. The van der Waals surface area contributed by atoms with E-state index in [1.807, 2.05) is 0 Å². The van der Waals surface area contributed by atoms with Gasteiger partial charge in [-0.1, -0.05) is 6.58 Å². The molecule has 0 saturated heterocycles. The SMILES string of the molecule is C=CS(=O)(=O)NC(=O)c1cc(O)cc(O)c1. The quantitative estimate of drug-likeness (QED) is 0.708. The van der Waals surface area contributed by atoms with Crippen LogP contribution in [0, 0.1) is 0 Å². The predicted octanol–water partition coefficient (Wildman–Crippen LogP) is 0.301. The molecule has 6 nitrogen and oxygen atoms in total. The Balaban J connectivity index is 3.02. The summed E-state index contributed by atoms with van der Waals surface area (Å²) in [5.41, 5.74) is -0.178. The number of carbonyl (C=O) groups excluding carboxylic acids is 1. The van der Waals surface area contributed by atoms with Crippen molar-refractivity contribution >= 4 is 15.9 Å². The van der Waals surface area contributed by atoms with Crippen LogP contribution in [0.3, 0.4) is 0 Å². The predicted molar refractivity (Wildman–Crippen MR) is 56.4 cm³/mol. The highest BCUT2D eigenvalue weighted by atomic mass is 32.2. The monoisotopic (exact) mass is 243 g/mol. The van der Waals surface area contributed by atoms with Crippen molar-refractivity contribution in [3.05, 3.63) is 35.7 Å². The molecular weight excluding hydrogens is 234 g/mol. The number of hydrogen-bond acceptors (Lipinski definition) is 5. The summed E-state index contributed by atoms with van der Waals surface area (Å²) in [6, 6.07) is 3.06. The van der Waals surface area contributed by atoms with Gasteiger partial charge in [-0.2, -0.15) is 0 Å². The first-order chi connectivity index (χ1) is 7.34. The van der Waals surface area contributed by atoms with E-state index in [0.717, 1.165) is 18.2 Å². The number of hydrogen-bond donors (Lipinski definition) is 3. The van der Waals surface area contributed by atoms with Crippen LogP contribution in [0.15, 0.2) is 30.2 Å². The summed E-state index contributed by atoms with van der Waals surface area (Å²) in [7, 11) is -3.89. The highest BCUT2D eigenvalue weighted by Gasteiger charge is 2.13. The third-order valence-electron chi connectivity index (χ3n) is 1.62. The lowest BCUT2D eigenvalue weighted by molar-refractivity contribution is 0.0981. The van der Waals surface area contributed by atoms with Gasteiger partial charge in [0.1, 0.15) is 11.5 Å². The van der Waals surface area contributed by atoms with Crippen LogP contribution in [0.2, 0.25) is 0 Å². The van der Waals surface area contributed by atoms with Gasteiger partial charge in [0.05, 0.1) is 0 Å². The molecule has 7 heteroatoms. The molecular formula is C9H9NO5S. The van der Waals surface area contributed by atoms with Crippen molar-refractivity contribution in [2.45, 2.75) is 0 Å². The van der Waals surface area contributed by atoms with Crippen molar-refractivity contribution in [2.75, 3.05) is 0 Å². The van der Waals surface area contributed by atoms with E-state index < -0.39 is 15.9 Å². The van der Waals surface area contributed by atoms with Gasteiger partial charge in [-0.25, -0.2) is 13.1 Å². The smallest absolute Gasteiger partial charge is 0.265 e. The van der Waals surface area contributed by atoms with Gasteiger partial charge in [0.15, 0.2) is 0 Å². The second kappa shape index (κ2) is 4.23. The maximum atomic E-state index is 11.4. The highest BCUT2D eigenvalue weighted by molar-refractivity contribution is 7.92. The molecule has 0 saturated carbocycles. The van der Waals surface area contributed by atoms with Crippen molar-refractivity contribution in [3.63, 3.8) is 0 Å². The minimum atomic E-state index is -3.89. The molecule has 1 aromatic carbocycles. The van der Waals surface area contributed by atoms with Gasteiger partial charge in [0.25, 0.3) is 15.9 Å². The van der Waals surface area contributed by atoms with Crippen LogP contribution in [0.4, 0.5) is 0 Å². The number of aromatic hydroxyl groups is 2. The lowest BCUT2D eigenvalue weighted by Crippen LogP contribution is -2.28. The molecule has 0 aliphatic heterocycles. The molecule has 16 heavy (non-hydrogen) atoms. The van der Waals surface area contributed by atoms with Gasteiger partial charge in [-0.3, -0.25) is 4.79 Å². The zero-order valence-electron chi connectivity index (χ0n) is 8.04. The number of carbonyl (C=O) groups is 1. The number of phenolic OH excluding ortho intramolecular Hbond substituents is 2. The summed E-state index contributed by atoms with van der Waals surface area (Å²) in [5, 5.41) is 18.8. The van der Waals surface area contributed by atoms with Crippen LogP contribution in [-0.4, -0.2) is 24.5 Å². The summed E-state index contributed by atoms with van der Waals surface area (Å²) < 4.78 is 23.6. The Hall–Kier alpha value is -2.02. The summed E-state index contributed by atoms with van der Waals surface area (Å²) in [4.78, 5) is 11.4. The molecule has 86 valence electrons. The zero-order valence-corrected chi connectivity index (χ0v) is 8.86. The normalized spacial score (nSPS) is 10.8. The van der Waals surface area contributed by atoms with Crippen molar-refractivity contribution in [3.8, 4) is 11.5 Å². The number of phenols is 2. The average Bonchev–Trinajstić information content (AvgIpc) is 2.15. The van der Waals surface area contributed by atoms with Crippen molar-refractivity contribution < 1.29 is 23.4 Å². The maximum absolute atomic E-state index is 11.4. The largest absolute Gasteiger partial charge is 0.508 e. The first-order valence-electron chi connectivity index (χ1n) is 4.06. The van der Waals surface area contributed by atoms with Crippen LogP contribution >= 0.6 is 0 Å². The molecule has 0 radical (unpaired) electrons. The van der Waals surface area contributed by atoms with Crippen LogP contribution < -0.4 is 4.72 Å². The molecule has 0 fully saturated rings. The van der Waals surface area contributed by atoms with E-state index in [1.54, 1.807) is 4.72 Å². The third kappa shape index (κ3) is 2.99. The van der Waals surface area contributed by atoms with Gasteiger partial charge in [-0.15, -0.1) is 0 Å². The maximum Gasteiger partial charge on any atom is 0.265 e. The zero-order chi connectivity index (χ0) is 12.3. The fourth-order valence-electron chi connectivity index (χ4n) is 0.956. The molecule has 0 bridgehead atoms. The lowest BCUT2D eigenvalue weighted by atomic mass is 10.2. The molecule has 0 aliphatic carbocycles. The molecule has 0 aromatic heterocycles. The van der Waals surface area contributed by atoms with E-state index in [9.17, 15) is 13.2 Å². The summed E-state index contributed by atoms with van der Waals surface area (Å²) in [5.74, 6) is -1.66. The lowest BCUT2D eigenvalue weighted by Gasteiger charge is -2.04. The Labute approximate surface area is 91.9 Å². The van der Waals surface area contributed by atoms with Gasteiger partial charge < -0.3 is 10.2 Å². The Bertz CT molecular complexity index is 515. The molecule has 1 aromatic rings. The number of amides is 1. The summed E-state index contributed by atoms with van der Waals surface area (Å²) >= 11 is 0. The molecule has 1 amide bonds. The van der Waals surface area contributed by atoms with Gasteiger partial charge >= 0.3 is 0 Å². The molecule has 0 aliphatic rings. The van der Waals surface area contributed by atoms with Crippen LogP contribution in [0.5, 0.6) is 11.5 Å². The standard InChI is InChI=1S/C9H9NO5S/c1-2-16(14,15)10-9(13)6-3-7(11)5-8(12)4-6/h2-5,11-12H,1H2,(H,10,13). The average molecular weight is 243 g/mol. The Morgan fingerprint density at radius 1 is 1.25 bits per heavy atom. The van der Waals surface area contributed by atoms with E-state index in [-0.39, 0.29) is 17.1 Å². The Morgan fingerprint density at radius 2 is 1.75 bits per heavy atom. The first-order valence-corrected chi connectivity index (χ1v) is 5.61. The summed E-state index contributed by atoms with van der Waals surface area (Å²) in [6.07, 6.45) is 0. The third-order valence-corrected chi connectivity index (χ3v) is 2.53. The van der Waals surface area contributed by atoms with E-state index >= 15 is 0 Å². The minimum absolute atomic E-state index is 0.178. The van der Waals surface area contributed by atoms with Crippen molar-refractivity contribution in [1.29, 1.82) is 0 Å². The fraction of sp³-hybridized carbons (Fsp3) is 0. The topological polar surface area (TPSA) is 104 Å². The Kier molecular flexibility index (Phi) is 3.19. The van der Waals surface area contributed by atoms with E-state index in [2.05, 4.69) is 6.58 Å². The summed E-state index contributed by atoms with van der Waals surface area (Å²) in [6.45, 7) is 3.01. The number of rotatable bonds is 3. The van der Waals surface area contributed by atoms with Gasteiger partial charge in [0, 0.05) is 17.0 Å². The first kappa shape index (κ1) is 12.1. The van der Waals surface area contributed by atoms with E-state index in [1.165, 1.54) is 0 Å². The molecule has 0 spiro atoms. The second-order valence-electron chi connectivity index (χ2n) is 2.88. The van der Waals surface area contributed by atoms with Crippen LogP contribution in [0.1, 0.15) is 10.4 Å². The fourth-order valence-corrected chi connectivity index (χ4v) is 1.42. The second-order valence-corrected chi connectivity index (χ2v) is 4.51. The highest BCUT2D eigenvalue weighted by Crippen LogP contribution is 2.20. The number of benzene rings is 1. The number of sulfonamides is 1. The molecule has 0 atom stereocenters. The van der Waals surface area contributed by atoms with Crippen LogP contribution in [0.25, 0.3) is 0 Å². The van der Waals surface area contributed by atoms with Crippen LogP contribution in [-0.2, 0) is 10.0 Å². The van der Waals surface area contributed by atoms with Gasteiger partial charge in [0.2, 0.25) is 0 Å².